The minimum absolute atomic E-state index is 0.251. The van der Waals surface area contributed by atoms with Crippen molar-refractivity contribution in [1.82, 2.24) is 34.9 Å². The van der Waals surface area contributed by atoms with E-state index in [9.17, 15) is 4.79 Å². The number of aromatic nitrogens is 6. The number of hydrogen-bond donors (Lipinski definition) is 1. The third-order valence-corrected chi connectivity index (χ3v) is 4.49. The van der Waals surface area contributed by atoms with Gasteiger partial charge in [-0.25, -0.2) is 0 Å². The fourth-order valence-electron chi connectivity index (χ4n) is 2.85. The fraction of sp³-hybridized carbons (Fsp3) is 0.278. The van der Waals surface area contributed by atoms with Gasteiger partial charge in [-0.15, -0.1) is 10.2 Å². The van der Waals surface area contributed by atoms with Crippen LogP contribution in [0.4, 0.5) is 0 Å². The quantitative estimate of drug-likeness (QED) is 0.523. The number of pyridine rings is 1. The summed E-state index contributed by atoms with van der Waals surface area (Å²) in [5, 5.41) is 19.2. The first-order valence-electron chi connectivity index (χ1n) is 8.66. The molecule has 0 atom stereocenters. The van der Waals surface area contributed by atoms with E-state index in [4.69, 9.17) is 4.52 Å². The van der Waals surface area contributed by atoms with E-state index in [1.54, 1.807) is 16.9 Å². The second-order valence-electron chi connectivity index (χ2n) is 6.25. The van der Waals surface area contributed by atoms with E-state index in [2.05, 4.69) is 25.8 Å². The third-order valence-electron chi connectivity index (χ3n) is 4.49. The summed E-state index contributed by atoms with van der Waals surface area (Å²) in [6, 6.07) is 7.40. The number of fused-ring (bicyclic) bond motifs is 1. The topological polar surface area (TPSA) is 103 Å². The van der Waals surface area contributed by atoms with Crippen molar-refractivity contribution < 1.29 is 9.32 Å². The zero-order valence-electron chi connectivity index (χ0n) is 15.1. The van der Waals surface area contributed by atoms with Gasteiger partial charge in [0.2, 0.25) is 0 Å². The molecule has 0 aromatic carbocycles. The molecule has 0 saturated heterocycles. The van der Waals surface area contributed by atoms with Gasteiger partial charge in [0.25, 0.3) is 5.91 Å². The third kappa shape index (κ3) is 3.31. The van der Waals surface area contributed by atoms with E-state index < -0.39 is 0 Å². The van der Waals surface area contributed by atoms with Gasteiger partial charge in [-0.3, -0.25) is 13.9 Å². The number of carbonyl (C=O) groups excluding carboxylic acids is 1. The van der Waals surface area contributed by atoms with E-state index in [0.717, 1.165) is 29.1 Å². The molecular weight excluding hydrogens is 346 g/mol. The Kier molecular flexibility index (Phi) is 4.41. The largest absolute Gasteiger partial charge is 0.355 e. The van der Waals surface area contributed by atoms with E-state index >= 15 is 0 Å². The summed E-state index contributed by atoms with van der Waals surface area (Å²) in [5.41, 5.74) is 2.83. The van der Waals surface area contributed by atoms with Gasteiger partial charge in [0, 0.05) is 38.0 Å². The van der Waals surface area contributed by atoms with E-state index in [1.807, 2.05) is 42.8 Å². The van der Waals surface area contributed by atoms with E-state index in [-0.39, 0.29) is 11.6 Å². The van der Waals surface area contributed by atoms with Crippen LogP contribution in [0, 0.1) is 6.92 Å². The van der Waals surface area contributed by atoms with Crippen molar-refractivity contribution >= 4 is 11.6 Å². The molecule has 0 fully saturated rings. The molecule has 0 aliphatic heterocycles. The Hall–Kier alpha value is -3.49. The van der Waals surface area contributed by atoms with Gasteiger partial charge < -0.3 is 9.84 Å². The Balaban J connectivity index is 1.33. The van der Waals surface area contributed by atoms with Gasteiger partial charge in [-0.1, -0.05) is 11.2 Å². The van der Waals surface area contributed by atoms with Crippen LogP contribution in [-0.2, 0) is 13.5 Å². The molecule has 4 heterocycles. The molecule has 0 spiro atoms. The highest BCUT2D eigenvalue weighted by atomic mass is 16.5. The molecule has 0 bridgehead atoms. The van der Waals surface area contributed by atoms with Crippen LogP contribution in [0.25, 0.3) is 17.0 Å². The molecule has 4 rings (SSSR count). The maximum atomic E-state index is 12.3. The van der Waals surface area contributed by atoms with Gasteiger partial charge >= 0.3 is 0 Å². The highest BCUT2D eigenvalue weighted by Crippen LogP contribution is 2.23. The highest BCUT2D eigenvalue weighted by Gasteiger charge is 2.16. The summed E-state index contributed by atoms with van der Waals surface area (Å²) < 4.78 is 8.98. The van der Waals surface area contributed by atoms with Crippen molar-refractivity contribution in [3.05, 3.63) is 53.9 Å². The first-order chi connectivity index (χ1) is 13.1. The number of rotatable bonds is 6. The van der Waals surface area contributed by atoms with Crippen molar-refractivity contribution in [2.24, 2.45) is 7.05 Å². The molecule has 138 valence electrons. The molecule has 9 nitrogen and oxygen atoms in total. The van der Waals surface area contributed by atoms with Gasteiger partial charge in [-0.2, -0.15) is 5.10 Å². The summed E-state index contributed by atoms with van der Waals surface area (Å²) >= 11 is 0. The minimum atomic E-state index is -0.266. The summed E-state index contributed by atoms with van der Waals surface area (Å²) in [7, 11) is 1.85. The van der Waals surface area contributed by atoms with Crippen molar-refractivity contribution in [1.29, 1.82) is 0 Å². The lowest BCUT2D eigenvalue weighted by molar-refractivity contribution is 0.0944. The smallest absolute Gasteiger partial charge is 0.273 e. The fourth-order valence-corrected chi connectivity index (χ4v) is 2.85. The van der Waals surface area contributed by atoms with E-state index in [1.165, 1.54) is 0 Å². The number of carbonyl (C=O) groups is 1. The lowest BCUT2D eigenvalue weighted by Gasteiger charge is -2.02. The lowest BCUT2D eigenvalue weighted by atomic mass is 10.2. The van der Waals surface area contributed by atoms with Crippen molar-refractivity contribution in [2.45, 2.75) is 19.8 Å². The molecule has 1 amide bonds. The molecule has 0 unspecified atom stereocenters. The molecule has 4 aromatic heterocycles. The van der Waals surface area contributed by atoms with Crippen LogP contribution in [-0.4, -0.2) is 42.0 Å². The number of nitrogens with zero attached hydrogens (tertiary/aromatic N) is 6. The van der Waals surface area contributed by atoms with Crippen LogP contribution < -0.4 is 5.32 Å². The van der Waals surface area contributed by atoms with Gasteiger partial charge in [0.1, 0.15) is 5.82 Å². The predicted octanol–water partition coefficient (Wildman–Crippen LogP) is 1.79. The zero-order chi connectivity index (χ0) is 18.8. The second-order valence-corrected chi connectivity index (χ2v) is 6.25. The normalized spacial score (nSPS) is 11.2. The molecule has 4 aromatic rings. The first kappa shape index (κ1) is 17.0. The van der Waals surface area contributed by atoms with Crippen LogP contribution >= 0.6 is 0 Å². The Bertz CT molecular complexity index is 1090. The maximum Gasteiger partial charge on any atom is 0.273 e. The lowest BCUT2D eigenvalue weighted by Crippen LogP contribution is -2.25. The predicted molar refractivity (Wildman–Crippen MR) is 97.1 cm³/mol. The monoisotopic (exact) mass is 365 g/mol. The first-order valence-corrected chi connectivity index (χ1v) is 8.66. The van der Waals surface area contributed by atoms with Crippen LogP contribution in [0.15, 0.2) is 41.2 Å². The molecule has 0 aliphatic rings. The Morgan fingerprint density at radius 2 is 2.19 bits per heavy atom. The van der Waals surface area contributed by atoms with Crippen LogP contribution in [0.3, 0.4) is 0 Å². The Labute approximate surface area is 155 Å². The summed E-state index contributed by atoms with van der Waals surface area (Å²) in [5.74, 6) is 1.13. The van der Waals surface area contributed by atoms with Gasteiger partial charge in [0.05, 0.1) is 11.8 Å². The molecule has 0 saturated carbocycles. The van der Waals surface area contributed by atoms with Gasteiger partial charge in [-0.05, 0) is 25.5 Å². The average Bonchev–Trinajstić information content (AvgIpc) is 3.39. The number of nitrogens with one attached hydrogen (secondary N) is 1. The summed E-state index contributed by atoms with van der Waals surface area (Å²) in [6.45, 7) is 2.44. The molecule has 0 radical (unpaired) electrons. The number of hydrogen-bond acceptors (Lipinski definition) is 6. The number of aryl methyl sites for hydroxylation is 2. The highest BCUT2D eigenvalue weighted by molar-refractivity contribution is 5.93. The van der Waals surface area contributed by atoms with Crippen LogP contribution in [0.5, 0.6) is 0 Å². The summed E-state index contributed by atoms with van der Waals surface area (Å²) in [6.07, 6.45) is 5.08. The maximum absolute atomic E-state index is 12.3. The Morgan fingerprint density at radius 3 is 3.00 bits per heavy atom. The van der Waals surface area contributed by atoms with Crippen LogP contribution in [0.1, 0.15) is 28.4 Å². The molecule has 0 aliphatic carbocycles. The average molecular weight is 365 g/mol. The van der Waals surface area contributed by atoms with Crippen molar-refractivity contribution in [3.63, 3.8) is 0 Å². The molecular formula is C18H19N7O2. The SMILES string of the molecule is Cc1c(-c2cc(C(=O)NCCCc3nnc4ccccn34)no2)cnn1C. The standard InChI is InChI=1S/C18H19N7O2/c1-12-13(11-20-24(12)2)15-10-14(23-27-15)18(26)19-8-5-7-17-22-21-16-6-3-4-9-25(16)17/h3-4,6,9-11H,5,7-8H2,1-2H3,(H,19,26). The van der Waals surface area contributed by atoms with Crippen molar-refractivity contribution in [2.75, 3.05) is 6.54 Å². The molecule has 27 heavy (non-hydrogen) atoms. The summed E-state index contributed by atoms with van der Waals surface area (Å²) in [4.78, 5) is 12.3. The van der Waals surface area contributed by atoms with Crippen LogP contribution in [0.2, 0.25) is 0 Å². The van der Waals surface area contributed by atoms with Crippen molar-refractivity contribution in [3.8, 4) is 11.3 Å². The minimum Gasteiger partial charge on any atom is -0.355 e. The molecule has 9 heteroatoms. The second kappa shape index (κ2) is 7.02. The number of amides is 1. The van der Waals surface area contributed by atoms with E-state index in [0.29, 0.717) is 18.7 Å². The zero-order valence-corrected chi connectivity index (χ0v) is 15.1. The van der Waals surface area contributed by atoms with Gasteiger partial charge in [0.15, 0.2) is 17.1 Å². The molecule has 1 N–H and O–H groups in total. The Morgan fingerprint density at radius 1 is 1.30 bits per heavy atom.